The maximum atomic E-state index is 5.56. The molecule has 2 nitrogen and oxygen atoms in total. The molecule has 0 spiro atoms. The van der Waals surface area contributed by atoms with Gasteiger partial charge in [0.15, 0.2) is 0 Å². The second-order valence-corrected chi connectivity index (χ2v) is 2.38. The molecular formula is C7H12N2. The van der Waals surface area contributed by atoms with Gasteiger partial charge in [0.1, 0.15) is 0 Å². The standard InChI is InChI=1S/C7H12N2/c1-6(8)5-7-3-2-4-9-7/h2-4,6,9H,5,8H2,1H3. The van der Waals surface area contributed by atoms with E-state index in [9.17, 15) is 0 Å². The molecule has 1 atom stereocenters. The van der Waals surface area contributed by atoms with Crippen molar-refractivity contribution in [3.05, 3.63) is 24.0 Å². The molecule has 0 aromatic carbocycles. The highest BCUT2D eigenvalue weighted by Crippen LogP contribution is 1.96. The summed E-state index contributed by atoms with van der Waals surface area (Å²) in [5.74, 6) is 0. The van der Waals surface area contributed by atoms with Crippen LogP contribution in [0.25, 0.3) is 0 Å². The molecule has 1 rings (SSSR count). The number of aromatic amines is 1. The maximum absolute atomic E-state index is 5.56. The lowest BCUT2D eigenvalue weighted by Gasteiger charge is -2.00. The highest BCUT2D eigenvalue weighted by molar-refractivity contribution is 5.04. The molecule has 2 heteroatoms. The highest BCUT2D eigenvalue weighted by atomic mass is 14.7. The molecule has 1 unspecified atom stereocenters. The summed E-state index contributed by atoms with van der Waals surface area (Å²) in [5.41, 5.74) is 6.78. The first-order valence-electron chi connectivity index (χ1n) is 3.17. The number of aromatic nitrogens is 1. The van der Waals surface area contributed by atoms with E-state index in [1.54, 1.807) is 0 Å². The molecule has 3 N–H and O–H groups in total. The van der Waals surface area contributed by atoms with Crippen molar-refractivity contribution < 1.29 is 0 Å². The van der Waals surface area contributed by atoms with Gasteiger partial charge in [-0.25, -0.2) is 0 Å². The minimum atomic E-state index is 0.253. The molecule has 0 bridgehead atoms. The lowest BCUT2D eigenvalue weighted by atomic mass is 10.2. The maximum Gasteiger partial charge on any atom is 0.0162 e. The van der Waals surface area contributed by atoms with E-state index in [1.165, 1.54) is 5.69 Å². The summed E-state index contributed by atoms with van der Waals surface area (Å²) in [5, 5.41) is 0. The van der Waals surface area contributed by atoms with Crippen molar-refractivity contribution in [1.82, 2.24) is 4.98 Å². The molecule has 0 amide bonds. The topological polar surface area (TPSA) is 41.8 Å². The zero-order valence-corrected chi connectivity index (χ0v) is 5.59. The van der Waals surface area contributed by atoms with Crippen molar-refractivity contribution in [2.45, 2.75) is 19.4 Å². The molecule has 9 heavy (non-hydrogen) atoms. The van der Waals surface area contributed by atoms with Crippen LogP contribution in [0.2, 0.25) is 0 Å². The summed E-state index contributed by atoms with van der Waals surface area (Å²) in [6, 6.07) is 4.28. The summed E-state index contributed by atoms with van der Waals surface area (Å²) < 4.78 is 0. The van der Waals surface area contributed by atoms with E-state index in [0.29, 0.717) is 0 Å². The molecule has 0 fully saturated rings. The molecule has 0 aliphatic carbocycles. The van der Waals surface area contributed by atoms with Gasteiger partial charge in [0, 0.05) is 24.4 Å². The molecular weight excluding hydrogens is 112 g/mol. The van der Waals surface area contributed by atoms with Crippen LogP contribution in [0.15, 0.2) is 18.3 Å². The molecule has 0 radical (unpaired) electrons. The third-order valence-electron chi connectivity index (χ3n) is 1.20. The van der Waals surface area contributed by atoms with Crippen LogP contribution >= 0.6 is 0 Å². The van der Waals surface area contributed by atoms with Gasteiger partial charge in [0.2, 0.25) is 0 Å². The molecule has 1 aromatic rings. The Labute approximate surface area is 55.1 Å². The van der Waals surface area contributed by atoms with Gasteiger partial charge in [-0.05, 0) is 19.1 Å². The average molecular weight is 124 g/mol. The minimum Gasteiger partial charge on any atom is -0.365 e. The van der Waals surface area contributed by atoms with Gasteiger partial charge in [-0.2, -0.15) is 0 Å². The summed E-state index contributed by atoms with van der Waals surface area (Å²) in [6.45, 7) is 2.00. The Hall–Kier alpha value is -0.760. The second-order valence-electron chi connectivity index (χ2n) is 2.38. The number of hydrogen-bond donors (Lipinski definition) is 2. The first-order valence-corrected chi connectivity index (χ1v) is 3.17. The summed E-state index contributed by atoms with van der Waals surface area (Å²) in [4.78, 5) is 3.09. The average Bonchev–Trinajstić information content (AvgIpc) is 2.15. The zero-order chi connectivity index (χ0) is 6.69. The fraction of sp³-hybridized carbons (Fsp3) is 0.429. The molecule has 0 aliphatic rings. The van der Waals surface area contributed by atoms with Crippen LogP contribution in [0.1, 0.15) is 12.6 Å². The van der Waals surface area contributed by atoms with E-state index in [0.717, 1.165) is 6.42 Å². The predicted octanol–water partition coefficient (Wildman–Crippen LogP) is 0.904. The molecule has 50 valence electrons. The first kappa shape index (κ1) is 6.36. The van der Waals surface area contributed by atoms with Crippen molar-refractivity contribution in [3.8, 4) is 0 Å². The monoisotopic (exact) mass is 124 g/mol. The van der Waals surface area contributed by atoms with Crippen molar-refractivity contribution in [2.75, 3.05) is 0 Å². The summed E-state index contributed by atoms with van der Waals surface area (Å²) in [7, 11) is 0. The number of H-pyrrole nitrogens is 1. The number of nitrogens with one attached hydrogen (secondary N) is 1. The quantitative estimate of drug-likeness (QED) is 0.604. The smallest absolute Gasteiger partial charge is 0.0162 e. The van der Waals surface area contributed by atoms with E-state index >= 15 is 0 Å². The molecule has 1 heterocycles. The second kappa shape index (κ2) is 2.69. The van der Waals surface area contributed by atoms with E-state index in [-0.39, 0.29) is 6.04 Å². The van der Waals surface area contributed by atoms with Gasteiger partial charge in [0.05, 0.1) is 0 Å². The predicted molar refractivity (Wildman–Crippen MR) is 38.1 cm³/mol. The van der Waals surface area contributed by atoms with Crippen LogP contribution in [0.3, 0.4) is 0 Å². The van der Waals surface area contributed by atoms with Crippen LogP contribution in [0.5, 0.6) is 0 Å². The normalized spacial score (nSPS) is 13.6. The minimum absolute atomic E-state index is 0.253. The number of hydrogen-bond acceptors (Lipinski definition) is 1. The summed E-state index contributed by atoms with van der Waals surface area (Å²) >= 11 is 0. The van der Waals surface area contributed by atoms with Gasteiger partial charge in [-0.3, -0.25) is 0 Å². The van der Waals surface area contributed by atoms with Crippen LogP contribution in [-0.4, -0.2) is 11.0 Å². The van der Waals surface area contributed by atoms with Crippen LogP contribution in [0.4, 0.5) is 0 Å². The van der Waals surface area contributed by atoms with Gasteiger partial charge in [-0.1, -0.05) is 0 Å². The van der Waals surface area contributed by atoms with E-state index in [4.69, 9.17) is 5.73 Å². The van der Waals surface area contributed by atoms with Crippen molar-refractivity contribution in [2.24, 2.45) is 5.73 Å². The molecule has 0 aliphatic heterocycles. The fourth-order valence-corrected chi connectivity index (χ4v) is 0.841. The Balaban J connectivity index is 2.48. The first-order chi connectivity index (χ1) is 4.29. The molecule has 1 aromatic heterocycles. The van der Waals surface area contributed by atoms with E-state index < -0.39 is 0 Å². The Morgan fingerprint density at radius 3 is 3.00 bits per heavy atom. The van der Waals surface area contributed by atoms with Gasteiger partial charge in [0.25, 0.3) is 0 Å². The Morgan fingerprint density at radius 1 is 1.78 bits per heavy atom. The lowest BCUT2D eigenvalue weighted by molar-refractivity contribution is 0.726. The van der Waals surface area contributed by atoms with Crippen LogP contribution < -0.4 is 5.73 Å². The Morgan fingerprint density at radius 2 is 2.56 bits per heavy atom. The third-order valence-corrected chi connectivity index (χ3v) is 1.20. The van der Waals surface area contributed by atoms with Gasteiger partial charge < -0.3 is 10.7 Å². The highest BCUT2D eigenvalue weighted by Gasteiger charge is 1.95. The fourth-order valence-electron chi connectivity index (χ4n) is 0.841. The van der Waals surface area contributed by atoms with Gasteiger partial charge in [-0.15, -0.1) is 0 Å². The van der Waals surface area contributed by atoms with Crippen LogP contribution in [0, 0.1) is 0 Å². The molecule has 0 saturated carbocycles. The van der Waals surface area contributed by atoms with Gasteiger partial charge >= 0.3 is 0 Å². The SMILES string of the molecule is CC(N)Cc1ccc[nH]1. The summed E-state index contributed by atoms with van der Waals surface area (Å²) in [6.07, 6.45) is 2.85. The molecule has 0 saturated heterocycles. The zero-order valence-electron chi connectivity index (χ0n) is 5.59. The van der Waals surface area contributed by atoms with Crippen LogP contribution in [-0.2, 0) is 6.42 Å². The van der Waals surface area contributed by atoms with E-state index in [1.807, 2.05) is 25.3 Å². The lowest BCUT2D eigenvalue weighted by Crippen LogP contribution is -2.17. The number of nitrogens with two attached hydrogens (primary N) is 1. The van der Waals surface area contributed by atoms with Crippen molar-refractivity contribution >= 4 is 0 Å². The number of rotatable bonds is 2. The van der Waals surface area contributed by atoms with Crippen molar-refractivity contribution in [3.63, 3.8) is 0 Å². The van der Waals surface area contributed by atoms with E-state index in [2.05, 4.69) is 4.98 Å². The Kier molecular flexibility index (Phi) is 1.90. The van der Waals surface area contributed by atoms with Crippen molar-refractivity contribution in [1.29, 1.82) is 0 Å². The Bertz CT molecular complexity index is 153. The largest absolute Gasteiger partial charge is 0.365 e. The third kappa shape index (κ3) is 1.90.